The predicted molar refractivity (Wildman–Crippen MR) is 94.3 cm³/mol. The van der Waals surface area contributed by atoms with E-state index in [1.165, 1.54) is 36.4 Å². The molecule has 1 heterocycles. The number of benzene rings is 2. The number of ether oxygens (including phenoxy) is 1. The molecule has 7 nitrogen and oxygen atoms in total. The Morgan fingerprint density at radius 1 is 1.00 bits per heavy atom. The van der Waals surface area contributed by atoms with E-state index in [2.05, 4.69) is 0 Å². The van der Waals surface area contributed by atoms with Crippen LogP contribution in [0.2, 0.25) is 0 Å². The number of rotatable bonds is 3. The lowest BCUT2D eigenvalue weighted by Gasteiger charge is -2.05. The van der Waals surface area contributed by atoms with Gasteiger partial charge in [0.25, 0.3) is 0 Å². The van der Waals surface area contributed by atoms with Gasteiger partial charge in [0.1, 0.15) is 22.8 Å². The largest absolute Gasteiger partial charge is 0.508 e. The average molecular weight is 358 g/mol. The lowest BCUT2D eigenvalue weighted by atomic mass is 10.1. The quantitative estimate of drug-likeness (QED) is 0.487. The SMILES string of the molecule is CCOC(=O)Cc1cc(=O)oc2cc(O)ccc12.Oc1cccc(O)c1. The second-order valence-corrected chi connectivity index (χ2v) is 5.27. The van der Waals surface area contributed by atoms with Crippen molar-refractivity contribution in [2.45, 2.75) is 13.3 Å². The highest BCUT2D eigenvalue weighted by molar-refractivity contribution is 5.85. The standard InChI is InChI=1S/C13H12O5.C6H6O2/c1-2-17-12(15)5-8-6-13(16)18-11-7-9(14)3-4-10(8)11;7-5-2-1-3-6(8)4-5/h3-4,6-7,14H,2,5H2,1H3;1-4,7-8H. The number of hydrogen-bond acceptors (Lipinski definition) is 7. The summed E-state index contributed by atoms with van der Waals surface area (Å²) >= 11 is 0. The van der Waals surface area contributed by atoms with Gasteiger partial charge in [-0.1, -0.05) is 6.07 Å². The van der Waals surface area contributed by atoms with Crippen molar-refractivity contribution in [2.24, 2.45) is 0 Å². The molecule has 1 aromatic heterocycles. The maximum atomic E-state index is 11.4. The van der Waals surface area contributed by atoms with Crippen LogP contribution in [0, 0.1) is 0 Å². The van der Waals surface area contributed by atoms with Gasteiger partial charge in [-0.2, -0.15) is 0 Å². The Morgan fingerprint density at radius 3 is 2.23 bits per heavy atom. The van der Waals surface area contributed by atoms with Crippen LogP contribution in [0.5, 0.6) is 17.2 Å². The molecule has 3 rings (SSSR count). The Kier molecular flexibility index (Phi) is 6.21. The topological polar surface area (TPSA) is 117 Å². The third kappa shape index (κ3) is 5.27. The maximum Gasteiger partial charge on any atom is 0.336 e. The van der Waals surface area contributed by atoms with Crippen molar-refractivity contribution in [1.82, 2.24) is 0 Å². The van der Waals surface area contributed by atoms with Gasteiger partial charge in [-0.25, -0.2) is 4.79 Å². The highest BCUT2D eigenvalue weighted by Crippen LogP contribution is 2.22. The summed E-state index contributed by atoms with van der Waals surface area (Å²) in [7, 11) is 0. The zero-order valence-electron chi connectivity index (χ0n) is 14.0. The van der Waals surface area contributed by atoms with E-state index in [0.29, 0.717) is 17.6 Å². The fourth-order valence-corrected chi connectivity index (χ4v) is 2.23. The van der Waals surface area contributed by atoms with E-state index in [0.717, 1.165) is 0 Å². The van der Waals surface area contributed by atoms with Crippen molar-refractivity contribution in [3.8, 4) is 17.2 Å². The molecule has 0 aliphatic carbocycles. The molecule has 0 saturated heterocycles. The molecule has 0 spiro atoms. The second kappa shape index (κ2) is 8.57. The summed E-state index contributed by atoms with van der Waals surface area (Å²) in [6, 6.07) is 11.5. The number of esters is 1. The molecule has 26 heavy (non-hydrogen) atoms. The third-order valence-electron chi connectivity index (χ3n) is 3.28. The molecule has 0 aliphatic heterocycles. The number of carbonyl (C=O) groups is 1. The first-order valence-electron chi connectivity index (χ1n) is 7.78. The number of hydrogen-bond donors (Lipinski definition) is 3. The molecule has 3 N–H and O–H groups in total. The molecule has 0 aliphatic rings. The Bertz CT molecular complexity index is 942. The number of phenols is 3. The second-order valence-electron chi connectivity index (χ2n) is 5.27. The molecular weight excluding hydrogens is 340 g/mol. The van der Waals surface area contributed by atoms with Crippen molar-refractivity contribution >= 4 is 16.9 Å². The molecule has 0 atom stereocenters. The molecule has 0 saturated carbocycles. The molecule has 7 heteroatoms. The summed E-state index contributed by atoms with van der Waals surface area (Å²) in [5, 5.41) is 27.2. The molecule has 0 fully saturated rings. The highest BCUT2D eigenvalue weighted by Gasteiger charge is 2.11. The molecule has 136 valence electrons. The first-order valence-corrected chi connectivity index (χ1v) is 7.78. The average Bonchev–Trinajstić information content (AvgIpc) is 2.54. The first-order chi connectivity index (χ1) is 12.4. The Labute approximate surface area is 148 Å². The van der Waals surface area contributed by atoms with E-state index in [9.17, 15) is 14.7 Å². The smallest absolute Gasteiger partial charge is 0.336 e. The number of aromatic hydroxyl groups is 3. The fourth-order valence-electron chi connectivity index (χ4n) is 2.23. The summed E-state index contributed by atoms with van der Waals surface area (Å²) in [6.07, 6.45) is 0.000710. The molecular formula is C19H18O7. The van der Waals surface area contributed by atoms with E-state index >= 15 is 0 Å². The Morgan fingerprint density at radius 2 is 1.65 bits per heavy atom. The van der Waals surface area contributed by atoms with E-state index in [1.54, 1.807) is 19.1 Å². The van der Waals surface area contributed by atoms with Crippen LogP contribution < -0.4 is 5.63 Å². The minimum Gasteiger partial charge on any atom is -0.508 e. The van der Waals surface area contributed by atoms with Crippen LogP contribution in [0.1, 0.15) is 12.5 Å². The van der Waals surface area contributed by atoms with Crippen LogP contribution in [0.3, 0.4) is 0 Å². The third-order valence-corrected chi connectivity index (χ3v) is 3.28. The molecule has 0 unspecified atom stereocenters. The summed E-state index contributed by atoms with van der Waals surface area (Å²) in [5.74, 6) is -0.230. The van der Waals surface area contributed by atoms with E-state index in [-0.39, 0.29) is 29.3 Å². The van der Waals surface area contributed by atoms with Crippen LogP contribution in [-0.2, 0) is 16.0 Å². The van der Waals surface area contributed by atoms with Crippen molar-refractivity contribution < 1.29 is 29.3 Å². The van der Waals surface area contributed by atoms with Crippen LogP contribution in [0.25, 0.3) is 11.0 Å². The predicted octanol–water partition coefficient (Wildman–Crippen LogP) is 2.70. The van der Waals surface area contributed by atoms with Crippen LogP contribution in [0.15, 0.2) is 57.7 Å². The van der Waals surface area contributed by atoms with Gasteiger partial charge in [0.05, 0.1) is 13.0 Å². The Balaban J connectivity index is 0.000000254. The van der Waals surface area contributed by atoms with Crippen LogP contribution >= 0.6 is 0 Å². The molecule has 3 aromatic rings. The minimum absolute atomic E-state index is 0.000710. The normalized spacial score (nSPS) is 10.0. The first kappa shape index (κ1) is 18.9. The molecule has 0 bridgehead atoms. The maximum absolute atomic E-state index is 11.4. The zero-order chi connectivity index (χ0) is 19.1. The Hall–Kier alpha value is -3.48. The lowest BCUT2D eigenvalue weighted by molar-refractivity contribution is -0.142. The van der Waals surface area contributed by atoms with Gasteiger partial charge in [0, 0.05) is 23.6 Å². The van der Waals surface area contributed by atoms with Gasteiger partial charge in [0.2, 0.25) is 0 Å². The summed E-state index contributed by atoms with van der Waals surface area (Å²) in [6.45, 7) is 2.01. The summed E-state index contributed by atoms with van der Waals surface area (Å²) in [5.41, 5.74) is 0.217. The van der Waals surface area contributed by atoms with Gasteiger partial charge in [-0.05, 0) is 36.8 Å². The number of carbonyl (C=O) groups excluding carboxylic acids is 1. The molecule has 0 radical (unpaired) electrons. The van der Waals surface area contributed by atoms with Crippen molar-refractivity contribution in [3.63, 3.8) is 0 Å². The molecule has 2 aromatic carbocycles. The van der Waals surface area contributed by atoms with Crippen molar-refractivity contribution in [1.29, 1.82) is 0 Å². The number of phenolic OH excluding ortho intramolecular Hbond substituents is 3. The van der Waals surface area contributed by atoms with Crippen LogP contribution in [0.4, 0.5) is 0 Å². The minimum atomic E-state index is -0.563. The monoisotopic (exact) mass is 358 g/mol. The molecule has 0 amide bonds. The highest BCUT2D eigenvalue weighted by atomic mass is 16.5. The van der Waals surface area contributed by atoms with E-state index < -0.39 is 11.6 Å². The zero-order valence-corrected chi connectivity index (χ0v) is 14.0. The van der Waals surface area contributed by atoms with Crippen molar-refractivity contribution in [3.05, 3.63) is 64.5 Å². The van der Waals surface area contributed by atoms with Gasteiger partial charge in [-0.15, -0.1) is 0 Å². The van der Waals surface area contributed by atoms with E-state index in [4.69, 9.17) is 19.4 Å². The summed E-state index contributed by atoms with van der Waals surface area (Å²) in [4.78, 5) is 22.8. The van der Waals surface area contributed by atoms with Gasteiger partial charge in [-0.3, -0.25) is 4.79 Å². The lowest BCUT2D eigenvalue weighted by Crippen LogP contribution is -2.10. The van der Waals surface area contributed by atoms with Gasteiger partial charge < -0.3 is 24.5 Å². The van der Waals surface area contributed by atoms with Gasteiger partial charge >= 0.3 is 11.6 Å². The van der Waals surface area contributed by atoms with Gasteiger partial charge in [0.15, 0.2) is 0 Å². The van der Waals surface area contributed by atoms with Crippen LogP contribution in [-0.4, -0.2) is 27.9 Å². The van der Waals surface area contributed by atoms with E-state index in [1.807, 2.05) is 0 Å². The van der Waals surface area contributed by atoms with Crippen molar-refractivity contribution in [2.75, 3.05) is 6.61 Å². The number of fused-ring (bicyclic) bond motifs is 1. The summed E-state index contributed by atoms with van der Waals surface area (Å²) < 4.78 is 9.79. The fraction of sp³-hybridized carbons (Fsp3) is 0.158.